The molecule has 0 aliphatic rings. The molecule has 2 N–H and O–H groups in total. The molecule has 0 spiro atoms. The summed E-state index contributed by atoms with van der Waals surface area (Å²) in [6, 6.07) is 6.43. The molecular weight excluding hydrogens is 305 g/mol. The second-order valence-corrected chi connectivity index (χ2v) is 5.34. The molecule has 0 aliphatic carbocycles. The number of hydrogen-bond acceptors (Lipinski definition) is 3. The fourth-order valence-electron chi connectivity index (χ4n) is 1.47. The van der Waals surface area contributed by atoms with Crippen LogP contribution >= 0.6 is 27.3 Å². The maximum atomic E-state index is 13.1. The molecule has 1 unspecified atom stereocenters. The molecular formula is C12H11BrFNOS. The van der Waals surface area contributed by atoms with Gasteiger partial charge in [0.15, 0.2) is 0 Å². The number of benzene rings is 1. The van der Waals surface area contributed by atoms with Crippen LogP contribution in [-0.4, -0.2) is 7.11 Å². The largest absolute Gasteiger partial charge is 0.496 e. The molecule has 0 saturated carbocycles. The second kappa shape index (κ2) is 5.16. The van der Waals surface area contributed by atoms with E-state index in [1.165, 1.54) is 17.4 Å². The Hall–Kier alpha value is -0.910. The third kappa shape index (κ3) is 2.68. The van der Waals surface area contributed by atoms with E-state index in [-0.39, 0.29) is 11.9 Å². The van der Waals surface area contributed by atoms with Crippen LogP contribution < -0.4 is 10.5 Å². The van der Waals surface area contributed by atoms with Crippen LogP contribution in [0.5, 0.6) is 5.75 Å². The van der Waals surface area contributed by atoms with Crippen molar-refractivity contribution in [1.82, 2.24) is 0 Å². The highest BCUT2D eigenvalue weighted by Gasteiger charge is 2.13. The summed E-state index contributed by atoms with van der Waals surface area (Å²) in [6.45, 7) is 0. The lowest BCUT2D eigenvalue weighted by atomic mass is 10.1. The Morgan fingerprint density at radius 3 is 2.76 bits per heavy atom. The summed E-state index contributed by atoms with van der Waals surface area (Å²) < 4.78 is 18.7. The van der Waals surface area contributed by atoms with Crippen molar-refractivity contribution in [2.24, 2.45) is 5.73 Å². The molecule has 0 amide bonds. The van der Waals surface area contributed by atoms with Gasteiger partial charge in [-0.15, -0.1) is 11.3 Å². The second-order valence-electron chi connectivity index (χ2n) is 3.54. The summed E-state index contributed by atoms with van der Waals surface area (Å²) >= 11 is 4.68. The molecule has 0 bridgehead atoms. The van der Waals surface area contributed by atoms with Crippen LogP contribution in [0.15, 0.2) is 34.1 Å². The van der Waals surface area contributed by atoms with Crippen molar-refractivity contribution >= 4 is 27.3 Å². The molecule has 90 valence electrons. The van der Waals surface area contributed by atoms with Gasteiger partial charge in [-0.3, -0.25) is 0 Å². The van der Waals surface area contributed by atoms with Crippen LogP contribution in [0.3, 0.4) is 0 Å². The number of ether oxygens (including phenoxy) is 1. The van der Waals surface area contributed by atoms with E-state index in [9.17, 15) is 4.39 Å². The van der Waals surface area contributed by atoms with Crippen molar-refractivity contribution in [2.75, 3.05) is 7.11 Å². The zero-order chi connectivity index (χ0) is 12.4. The summed E-state index contributed by atoms with van der Waals surface area (Å²) in [5.41, 5.74) is 6.98. The molecule has 1 aromatic heterocycles. The first-order chi connectivity index (χ1) is 8.11. The van der Waals surface area contributed by atoms with E-state index in [1.807, 2.05) is 11.4 Å². The minimum Gasteiger partial charge on any atom is -0.496 e. The maximum Gasteiger partial charge on any atom is 0.137 e. The highest BCUT2D eigenvalue weighted by Crippen LogP contribution is 2.30. The standard InChI is InChI=1S/C12H11BrFNOS/c1-16-8-5-11(17-6-8)12(15)7-2-3-10(14)9(13)4-7/h2-6,12H,15H2,1H3. The highest BCUT2D eigenvalue weighted by molar-refractivity contribution is 9.10. The Morgan fingerprint density at radius 1 is 1.41 bits per heavy atom. The number of hydrogen-bond donors (Lipinski definition) is 1. The number of thiophene rings is 1. The topological polar surface area (TPSA) is 35.2 Å². The average Bonchev–Trinajstić information content (AvgIpc) is 2.80. The average molecular weight is 316 g/mol. The zero-order valence-electron chi connectivity index (χ0n) is 9.11. The zero-order valence-corrected chi connectivity index (χ0v) is 11.5. The summed E-state index contributed by atoms with van der Waals surface area (Å²) in [4.78, 5) is 0.986. The van der Waals surface area contributed by atoms with E-state index in [1.54, 1.807) is 19.2 Å². The van der Waals surface area contributed by atoms with Gasteiger partial charge in [-0.1, -0.05) is 6.07 Å². The number of methoxy groups -OCH3 is 1. The summed E-state index contributed by atoms with van der Waals surface area (Å²) in [5.74, 6) is 0.506. The van der Waals surface area contributed by atoms with Gasteiger partial charge in [-0.05, 0) is 39.7 Å². The van der Waals surface area contributed by atoms with Crippen molar-refractivity contribution in [2.45, 2.75) is 6.04 Å². The molecule has 0 fully saturated rings. The van der Waals surface area contributed by atoms with Gasteiger partial charge in [-0.2, -0.15) is 0 Å². The monoisotopic (exact) mass is 315 g/mol. The normalized spacial score (nSPS) is 12.5. The smallest absolute Gasteiger partial charge is 0.137 e. The molecule has 5 heteroatoms. The van der Waals surface area contributed by atoms with Crippen LogP contribution in [0.4, 0.5) is 4.39 Å². The molecule has 1 atom stereocenters. The van der Waals surface area contributed by atoms with Gasteiger partial charge < -0.3 is 10.5 Å². The van der Waals surface area contributed by atoms with E-state index in [0.717, 1.165) is 16.2 Å². The fourth-order valence-corrected chi connectivity index (χ4v) is 2.75. The first-order valence-electron chi connectivity index (χ1n) is 4.94. The quantitative estimate of drug-likeness (QED) is 0.937. The van der Waals surface area contributed by atoms with Gasteiger partial charge in [0.1, 0.15) is 11.6 Å². The molecule has 0 radical (unpaired) electrons. The van der Waals surface area contributed by atoms with E-state index in [2.05, 4.69) is 15.9 Å². The summed E-state index contributed by atoms with van der Waals surface area (Å²) in [7, 11) is 1.62. The molecule has 0 aliphatic heterocycles. The van der Waals surface area contributed by atoms with E-state index in [4.69, 9.17) is 10.5 Å². The van der Waals surface area contributed by atoms with Crippen molar-refractivity contribution in [3.05, 3.63) is 50.4 Å². The Bertz CT molecular complexity index is 529. The Balaban J connectivity index is 2.29. The van der Waals surface area contributed by atoms with Gasteiger partial charge in [0.25, 0.3) is 0 Å². The third-order valence-electron chi connectivity index (χ3n) is 2.44. The van der Waals surface area contributed by atoms with Crippen LogP contribution in [0.2, 0.25) is 0 Å². The van der Waals surface area contributed by atoms with E-state index < -0.39 is 0 Å². The molecule has 1 heterocycles. The lowest BCUT2D eigenvalue weighted by Gasteiger charge is -2.10. The Morgan fingerprint density at radius 2 is 2.18 bits per heavy atom. The number of nitrogens with two attached hydrogens (primary N) is 1. The lowest BCUT2D eigenvalue weighted by molar-refractivity contribution is 0.416. The Kier molecular flexibility index (Phi) is 3.81. The molecule has 2 nitrogen and oxygen atoms in total. The minimum absolute atomic E-state index is 0.263. The predicted molar refractivity (Wildman–Crippen MR) is 71.0 cm³/mol. The molecule has 2 rings (SSSR count). The molecule has 2 aromatic rings. The number of halogens is 2. The highest BCUT2D eigenvalue weighted by atomic mass is 79.9. The third-order valence-corrected chi connectivity index (χ3v) is 4.04. The number of rotatable bonds is 3. The lowest BCUT2D eigenvalue weighted by Crippen LogP contribution is -2.10. The van der Waals surface area contributed by atoms with E-state index >= 15 is 0 Å². The van der Waals surface area contributed by atoms with Crippen LogP contribution in [0.1, 0.15) is 16.5 Å². The van der Waals surface area contributed by atoms with Crippen LogP contribution in [0, 0.1) is 5.82 Å². The van der Waals surface area contributed by atoms with Crippen molar-refractivity contribution < 1.29 is 9.13 Å². The van der Waals surface area contributed by atoms with Crippen molar-refractivity contribution in [3.63, 3.8) is 0 Å². The fraction of sp³-hybridized carbons (Fsp3) is 0.167. The van der Waals surface area contributed by atoms with Gasteiger partial charge in [0.05, 0.1) is 17.6 Å². The van der Waals surface area contributed by atoms with Crippen molar-refractivity contribution in [3.8, 4) is 5.75 Å². The minimum atomic E-state index is -0.287. The maximum absolute atomic E-state index is 13.1. The molecule has 0 saturated heterocycles. The van der Waals surface area contributed by atoms with Crippen LogP contribution in [-0.2, 0) is 0 Å². The SMILES string of the molecule is COc1csc(C(N)c2ccc(F)c(Br)c2)c1. The molecule has 17 heavy (non-hydrogen) atoms. The van der Waals surface area contributed by atoms with Crippen molar-refractivity contribution in [1.29, 1.82) is 0 Å². The van der Waals surface area contributed by atoms with Crippen LogP contribution in [0.25, 0.3) is 0 Å². The van der Waals surface area contributed by atoms with Gasteiger partial charge >= 0.3 is 0 Å². The van der Waals surface area contributed by atoms with Gasteiger partial charge in [0.2, 0.25) is 0 Å². The predicted octanol–water partition coefficient (Wildman–Crippen LogP) is 3.71. The Labute approximate surface area is 111 Å². The molecule has 1 aromatic carbocycles. The summed E-state index contributed by atoms with van der Waals surface area (Å²) in [5, 5.41) is 1.90. The van der Waals surface area contributed by atoms with Gasteiger partial charge in [0, 0.05) is 10.3 Å². The van der Waals surface area contributed by atoms with E-state index in [0.29, 0.717) is 4.47 Å². The first-order valence-corrected chi connectivity index (χ1v) is 6.62. The van der Waals surface area contributed by atoms with Gasteiger partial charge in [-0.25, -0.2) is 4.39 Å². The first kappa shape index (κ1) is 12.5. The summed E-state index contributed by atoms with van der Waals surface area (Å²) in [6.07, 6.45) is 0.